The summed E-state index contributed by atoms with van der Waals surface area (Å²) < 4.78 is 5.68. The monoisotopic (exact) mass is 647 g/mol. The average molecular weight is 648 g/mol. The van der Waals surface area contributed by atoms with Crippen molar-refractivity contribution in [3.8, 4) is 5.75 Å². The molecular formula is C35H53NO10. The second-order valence-corrected chi connectivity index (χ2v) is 12.3. The maximum absolute atomic E-state index is 13.3. The summed E-state index contributed by atoms with van der Waals surface area (Å²) in [6.45, 7) is 6.81. The number of benzene rings is 1. The number of amides is 1. The number of carbonyl (C=O) groups is 5. The first-order chi connectivity index (χ1) is 21.8. The first-order valence-corrected chi connectivity index (χ1v) is 16.4. The quantitative estimate of drug-likeness (QED) is 0.0629. The molecule has 0 heterocycles. The van der Waals surface area contributed by atoms with Crippen molar-refractivity contribution in [3.63, 3.8) is 0 Å². The van der Waals surface area contributed by atoms with E-state index < -0.39 is 47.8 Å². The van der Waals surface area contributed by atoms with Crippen LogP contribution in [-0.4, -0.2) is 68.3 Å². The van der Waals surface area contributed by atoms with Crippen LogP contribution in [0.4, 0.5) is 0 Å². The van der Waals surface area contributed by atoms with E-state index in [1.807, 2.05) is 0 Å². The molecule has 0 fully saturated rings. The Morgan fingerprint density at radius 3 is 2.04 bits per heavy atom. The Labute approximate surface area is 272 Å². The summed E-state index contributed by atoms with van der Waals surface area (Å²) in [5.74, 6) is -6.59. The van der Waals surface area contributed by atoms with Gasteiger partial charge in [0.25, 0.3) is 0 Å². The summed E-state index contributed by atoms with van der Waals surface area (Å²) in [6, 6.07) is 5.21. The second kappa shape index (κ2) is 21.9. The number of aliphatic carboxylic acids is 3. The molecule has 0 spiro atoms. The fraction of sp³-hybridized carbons (Fsp3) is 0.629. The molecule has 0 aliphatic rings. The topological polar surface area (TPSA) is 188 Å². The summed E-state index contributed by atoms with van der Waals surface area (Å²) >= 11 is 0. The molecule has 1 amide bonds. The number of carboxylic acids is 3. The Kier molecular flexibility index (Phi) is 19.2. The Hall–Kier alpha value is -3.73. The van der Waals surface area contributed by atoms with E-state index in [2.05, 4.69) is 26.1 Å². The summed E-state index contributed by atoms with van der Waals surface area (Å²) in [4.78, 5) is 60.8. The number of carboxylic acid groups (broad SMARTS) is 3. The number of allylic oxidation sites excluding steroid dienone is 1. The minimum Gasteiger partial charge on any atom is -0.494 e. The molecule has 5 N–H and O–H groups in total. The highest BCUT2D eigenvalue weighted by Crippen LogP contribution is 2.26. The fourth-order valence-electron chi connectivity index (χ4n) is 4.89. The van der Waals surface area contributed by atoms with Gasteiger partial charge in [0.2, 0.25) is 5.91 Å². The minimum absolute atomic E-state index is 0.143. The average Bonchev–Trinajstić information content (AvgIpc) is 2.98. The van der Waals surface area contributed by atoms with Gasteiger partial charge in [0.05, 0.1) is 18.9 Å². The van der Waals surface area contributed by atoms with Gasteiger partial charge in [-0.05, 0) is 55.7 Å². The third kappa shape index (κ3) is 16.0. The molecule has 1 aromatic carbocycles. The fourth-order valence-corrected chi connectivity index (χ4v) is 4.89. The van der Waals surface area contributed by atoms with Crippen molar-refractivity contribution in [1.29, 1.82) is 0 Å². The van der Waals surface area contributed by atoms with Crippen LogP contribution in [0.2, 0.25) is 0 Å². The highest BCUT2D eigenvalue weighted by Gasteiger charge is 2.49. The normalized spacial score (nSPS) is 14.0. The predicted molar refractivity (Wildman–Crippen MR) is 174 cm³/mol. The summed E-state index contributed by atoms with van der Waals surface area (Å²) in [7, 11) is 0. The number of ether oxygens (including phenoxy) is 1. The number of carbonyl (C=O) groups excluding carboxylic acids is 2. The molecule has 0 saturated carbocycles. The van der Waals surface area contributed by atoms with Crippen molar-refractivity contribution >= 4 is 29.6 Å². The summed E-state index contributed by atoms with van der Waals surface area (Å²) in [5, 5.41) is 42.0. The largest absolute Gasteiger partial charge is 0.494 e. The SMILES string of the molecule is CCCCCCC(=O)CCCCCCC=C[C@H](C(=O)N[C@@H](Cc1ccc(OCCC(C)C)cc1)C(=O)O)C(O)(CC(=O)O)C(=O)O. The maximum Gasteiger partial charge on any atom is 0.337 e. The van der Waals surface area contributed by atoms with Gasteiger partial charge in [0.15, 0.2) is 5.60 Å². The lowest BCUT2D eigenvalue weighted by molar-refractivity contribution is -0.172. The van der Waals surface area contributed by atoms with Crippen LogP contribution < -0.4 is 10.1 Å². The number of rotatable bonds is 26. The lowest BCUT2D eigenvalue weighted by Gasteiger charge is -2.29. The van der Waals surface area contributed by atoms with E-state index in [1.54, 1.807) is 24.3 Å². The van der Waals surface area contributed by atoms with E-state index >= 15 is 0 Å². The number of unbranched alkanes of at least 4 members (excludes halogenated alkanes) is 7. The van der Waals surface area contributed by atoms with Crippen LogP contribution in [0.15, 0.2) is 36.4 Å². The molecule has 0 radical (unpaired) electrons. The number of ketones is 1. The standard InChI is InChI=1S/C35H53NO10/c1-4-5-6-11-14-27(37)15-12-9-7-8-10-13-16-29(35(45,34(43)44)24-31(38)39)32(40)36-30(33(41)42)23-26-17-19-28(20-18-26)46-22-21-25(2)3/h13,16-20,25,29-30,45H,4-12,14-15,21-24H2,1-3H3,(H,36,40)(H,38,39)(H,41,42)(H,43,44)/t29-,30+,35?/m1/s1. The summed E-state index contributed by atoms with van der Waals surface area (Å²) in [5.41, 5.74) is -2.45. The van der Waals surface area contributed by atoms with Crippen LogP contribution in [0.1, 0.15) is 110 Å². The van der Waals surface area contributed by atoms with E-state index in [0.717, 1.165) is 57.4 Å². The third-order valence-electron chi connectivity index (χ3n) is 7.74. The van der Waals surface area contributed by atoms with Gasteiger partial charge < -0.3 is 30.5 Å². The molecule has 11 nitrogen and oxygen atoms in total. The van der Waals surface area contributed by atoms with Crippen LogP contribution in [0, 0.1) is 11.8 Å². The molecule has 0 aliphatic heterocycles. The number of nitrogens with one attached hydrogen (secondary N) is 1. The van der Waals surface area contributed by atoms with Gasteiger partial charge in [-0.3, -0.25) is 14.4 Å². The number of aliphatic hydroxyl groups is 1. The Balaban J connectivity index is 2.86. The molecule has 3 atom stereocenters. The Morgan fingerprint density at radius 2 is 1.50 bits per heavy atom. The number of hydrogen-bond acceptors (Lipinski definition) is 7. The molecule has 1 rings (SSSR count). The zero-order chi connectivity index (χ0) is 34.5. The van der Waals surface area contributed by atoms with Crippen LogP contribution in [0.3, 0.4) is 0 Å². The van der Waals surface area contributed by atoms with Gasteiger partial charge in [0.1, 0.15) is 17.6 Å². The molecule has 258 valence electrons. The Bertz CT molecular complexity index is 1130. The molecule has 11 heteroatoms. The van der Waals surface area contributed by atoms with Crippen molar-refractivity contribution in [1.82, 2.24) is 5.32 Å². The molecule has 0 aliphatic carbocycles. The van der Waals surface area contributed by atoms with Gasteiger partial charge in [0, 0.05) is 19.3 Å². The predicted octanol–water partition coefficient (Wildman–Crippen LogP) is 5.57. The van der Waals surface area contributed by atoms with Crippen LogP contribution >= 0.6 is 0 Å². The Morgan fingerprint density at radius 1 is 0.891 bits per heavy atom. The van der Waals surface area contributed by atoms with E-state index in [-0.39, 0.29) is 12.2 Å². The van der Waals surface area contributed by atoms with E-state index in [9.17, 15) is 44.4 Å². The maximum atomic E-state index is 13.3. The zero-order valence-corrected chi connectivity index (χ0v) is 27.5. The van der Waals surface area contributed by atoms with E-state index in [0.29, 0.717) is 49.5 Å². The van der Waals surface area contributed by atoms with Crippen LogP contribution in [0.5, 0.6) is 5.75 Å². The van der Waals surface area contributed by atoms with Gasteiger partial charge in [-0.15, -0.1) is 0 Å². The van der Waals surface area contributed by atoms with Gasteiger partial charge in [-0.1, -0.05) is 77.2 Å². The highest BCUT2D eigenvalue weighted by atomic mass is 16.5. The number of Topliss-reactive ketones (excluding diaryl/α,β-unsaturated/α-hetero) is 1. The van der Waals surface area contributed by atoms with Gasteiger partial charge >= 0.3 is 17.9 Å². The minimum atomic E-state index is -3.01. The summed E-state index contributed by atoms with van der Waals surface area (Å²) in [6.07, 6.45) is 10.9. The highest BCUT2D eigenvalue weighted by molar-refractivity contribution is 5.94. The second-order valence-electron chi connectivity index (χ2n) is 12.3. The van der Waals surface area contributed by atoms with Crippen molar-refractivity contribution < 1.29 is 49.1 Å². The smallest absolute Gasteiger partial charge is 0.337 e. The lowest BCUT2D eigenvalue weighted by atomic mass is 9.82. The van der Waals surface area contributed by atoms with E-state index in [1.165, 1.54) is 6.08 Å². The first-order valence-electron chi connectivity index (χ1n) is 16.4. The van der Waals surface area contributed by atoms with Crippen molar-refractivity contribution in [3.05, 3.63) is 42.0 Å². The molecule has 0 bridgehead atoms. The molecular weight excluding hydrogens is 594 g/mol. The molecule has 1 aromatic rings. The van der Waals surface area contributed by atoms with E-state index in [4.69, 9.17) is 4.74 Å². The van der Waals surface area contributed by atoms with Crippen molar-refractivity contribution in [2.24, 2.45) is 11.8 Å². The number of hydrogen-bond donors (Lipinski definition) is 5. The molecule has 1 unspecified atom stereocenters. The molecule has 0 saturated heterocycles. The van der Waals surface area contributed by atoms with Gasteiger partial charge in [-0.25, -0.2) is 9.59 Å². The first kappa shape index (κ1) is 40.3. The van der Waals surface area contributed by atoms with Crippen LogP contribution in [-0.2, 0) is 30.4 Å². The third-order valence-corrected chi connectivity index (χ3v) is 7.74. The van der Waals surface area contributed by atoms with Crippen LogP contribution in [0.25, 0.3) is 0 Å². The van der Waals surface area contributed by atoms with Crippen molar-refractivity contribution in [2.75, 3.05) is 6.61 Å². The van der Waals surface area contributed by atoms with Crippen molar-refractivity contribution in [2.45, 2.75) is 122 Å². The molecule has 46 heavy (non-hydrogen) atoms. The lowest BCUT2D eigenvalue weighted by Crippen LogP contribution is -2.55. The van der Waals surface area contributed by atoms with Gasteiger partial charge in [-0.2, -0.15) is 0 Å². The zero-order valence-electron chi connectivity index (χ0n) is 27.5. The molecule has 0 aromatic heterocycles.